The van der Waals surface area contributed by atoms with Gasteiger partial charge >= 0.3 is 24.1 Å². The van der Waals surface area contributed by atoms with Crippen molar-refractivity contribution >= 4 is 51.5 Å². The number of unbranched alkanes of at least 4 members (excludes halogenated alkanes) is 1. The topological polar surface area (TPSA) is 219 Å². The van der Waals surface area contributed by atoms with E-state index in [1.807, 2.05) is 25.1 Å². The lowest BCUT2D eigenvalue weighted by atomic mass is 9.44. The number of carbonyl (C=O) groups excluding carboxylic acids is 5. The van der Waals surface area contributed by atoms with Crippen LogP contribution in [0.5, 0.6) is 0 Å². The number of amides is 2. The van der Waals surface area contributed by atoms with E-state index >= 15 is 9.59 Å². The molecule has 0 unspecified atom stereocenters. The summed E-state index contributed by atoms with van der Waals surface area (Å²) in [6, 6.07) is 20.8. The second-order valence-corrected chi connectivity index (χ2v) is 23.6. The summed E-state index contributed by atoms with van der Waals surface area (Å²) < 4.78 is 43.2. The molecule has 1 aliphatic heterocycles. The monoisotopic (exact) mass is 1060 g/mol. The number of pyridine rings is 1. The highest BCUT2D eigenvalue weighted by molar-refractivity contribution is 8.76. The maximum atomic E-state index is 15.7. The number of ketones is 1. The SMILES string of the molecule is CCCCN(CCSSc1ccccn1)C(=O)O[C@@H](C(=O)O[C@H]1C[C@@]2(O)[C@@H](OC(=O)c3ccccc3)[C@@H]3[C@]4(O)CO[C@@H]4C[C@H](OC)[C@@]3(C)C(=O)[C@H](OC)C(=C1C)C2(C)C)[C@@H](NC(=O)OC(C)(C)C)c1ccccc1. The van der Waals surface area contributed by atoms with Gasteiger partial charge in [-0.15, -0.1) is 0 Å². The van der Waals surface area contributed by atoms with Gasteiger partial charge in [0, 0.05) is 63.4 Å². The number of alkyl carbamates (subject to hydrolysis) is 1. The molecule has 2 saturated carbocycles. The predicted octanol–water partition coefficient (Wildman–Crippen LogP) is 8.08. The molecular weight excluding hydrogens is 991 g/mol. The zero-order chi connectivity index (χ0) is 53.8. The van der Waals surface area contributed by atoms with Crippen LogP contribution >= 0.6 is 21.6 Å². The molecule has 74 heavy (non-hydrogen) atoms. The molecule has 3 N–H and O–H groups in total. The normalized spacial score (nSPS) is 28.9. The summed E-state index contributed by atoms with van der Waals surface area (Å²) in [5.41, 5.74) is -7.11. The largest absolute Gasteiger partial charge is 0.455 e. The summed E-state index contributed by atoms with van der Waals surface area (Å²) in [5, 5.41) is 30.3. The number of ether oxygens (including phenoxy) is 7. The molecule has 7 rings (SSSR count). The molecule has 3 aromatic rings. The number of aliphatic hydroxyl groups is 2. The van der Waals surface area contributed by atoms with Gasteiger partial charge < -0.3 is 53.6 Å². The minimum absolute atomic E-state index is 0.112. The molecule has 3 fully saturated rings. The number of methoxy groups -OCH3 is 2. The number of esters is 2. The lowest BCUT2D eigenvalue weighted by Crippen LogP contribution is -2.81. The Morgan fingerprint density at radius 3 is 2.20 bits per heavy atom. The molecule has 402 valence electrons. The van der Waals surface area contributed by atoms with E-state index in [1.54, 1.807) is 115 Å². The number of nitrogens with one attached hydrogen (secondary N) is 1. The number of carbonyl (C=O) groups is 5. The summed E-state index contributed by atoms with van der Waals surface area (Å²) in [5.74, 6) is -3.37. The summed E-state index contributed by atoms with van der Waals surface area (Å²) >= 11 is 0. The summed E-state index contributed by atoms with van der Waals surface area (Å²) in [4.78, 5) is 79.8. The van der Waals surface area contributed by atoms with Gasteiger partial charge in [0.25, 0.3) is 0 Å². The Labute approximate surface area is 441 Å². The van der Waals surface area contributed by atoms with Crippen molar-refractivity contribution in [2.24, 2.45) is 16.7 Å². The van der Waals surface area contributed by atoms with Gasteiger partial charge in [-0.25, -0.2) is 24.2 Å². The molecule has 4 aliphatic rings. The van der Waals surface area contributed by atoms with Crippen LogP contribution in [-0.2, 0) is 42.7 Å². The second-order valence-electron chi connectivity index (χ2n) is 21.2. The van der Waals surface area contributed by atoms with Crippen LogP contribution < -0.4 is 5.32 Å². The Bertz CT molecular complexity index is 2510. The lowest BCUT2D eigenvalue weighted by molar-refractivity contribution is -0.345. The predicted molar refractivity (Wildman–Crippen MR) is 277 cm³/mol. The van der Waals surface area contributed by atoms with Crippen LogP contribution in [0.1, 0.15) is 103 Å². The Balaban J connectivity index is 1.33. The van der Waals surface area contributed by atoms with Gasteiger partial charge in [-0.1, -0.05) is 92.6 Å². The van der Waals surface area contributed by atoms with Crippen molar-refractivity contribution in [3.8, 4) is 0 Å². The van der Waals surface area contributed by atoms with E-state index in [1.165, 1.54) is 40.7 Å². The Morgan fingerprint density at radius 2 is 1.61 bits per heavy atom. The van der Waals surface area contributed by atoms with Gasteiger partial charge in [-0.2, -0.15) is 0 Å². The summed E-state index contributed by atoms with van der Waals surface area (Å²) in [7, 11) is 5.75. The molecule has 2 amide bonds. The van der Waals surface area contributed by atoms with E-state index in [0.29, 0.717) is 23.3 Å². The maximum Gasteiger partial charge on any atom is 0.410 e. The summed E-state index contributed by atoms with van der Waals surface area (Å²) in [6.07, 6.45) is -7.20. The first-order chi connectivity index (χ1) is 35.0. The van der Waals surface area contributed by atoms with Crippen molar-refractivity contribution in [2.45, 2.75) is 146 Å². The van der Waals surface area contributed by atoms with Gasteiger partial charge in [-0.05, 0) is 92.8 Å². The first-order valence-corrected chi connectivity index (χ1v) is 27.4. The fourth-order valence-electron chi connectivity index (χ4n) is 11.2. The fraction of sp³-hybridized carbons (Fsp3) is 0.564. The molecule has 1 saturated heterocycles. The highest BCUT2D eigenvalue weighted by atomic mass is 33.1. The number of hydrogen-bond donors (Lipinski definition) is 3. The number of aromatic nitrogens is 1. The van der Waals surface area contributed by atoms with Crippen molar-refractivity contribution < 1.29 is 67.3 Å². The molecule has 0 radical (unpaired) electrons. The zero-order valence-electron chi connectivity index (χ0n) is 43.9. The molecule has 2 bridgehead atoms. The molecule has 11 atom stereocenters. The van der Waals surface area contributed by atoms with E-state index in [9.17, 15) is 24.6 Å². The van der Waals surface area contributed by atoms with Crippen molar-refractivity contribution in [2.75, 3.05) is 39.7 Å². The van der Waals surface area contributed by atoms with Gasteiger partial charge in [0.2, 0.25) is 6.10 Å². The second kappa shape index (κ2) is 23.1. The van der Waals surface area contributed by atoms with Gasteiger partial charge in [0.05, 0.1) is 29.8 Å². The molecular formula is C55H71N3O14S2. The van der Waals surface area contributed by atoms with E-state index in [-0.39, 0.29) is 37.3 Å². The number of rotatable bonds is 18. The van der Waals surface area contributed by atoms with Crippen molar-refractivity contribution in [1.29, 1.82) is 0 Å². The van der Waals surface area contributed by atoms with Crippen molar-refractivity contribution in [1.82, 2.24) is 15.2 Å². The lowest BCUT2D eigenvalue weighted by Gasteiger charge is -2.67. The van der Waals surface area contributed by atoms with Crippen LogP contribution in [-0.4, -0.2) is 143 Å². The molecule has 0 spiro atoms. The van der Waals surface area contributed by atoms with Crippen LogP contribution in [0.2, 0.25) is 0 Å². The minimum Gasteiger partial charge on any atom is -0.455 e. The quantitative estimate of drug-likeness (QED) is 0.0360. The smallest absolute Gasteiger partial charge is 0.410 e. The van der Waals surface area contributed by atoms with Crippen LogP contribution in [0.3, 0.4) is 0 Å². The third kappa shape index (κ3) is 11.3. The molecule has 2 heterocycles. The average molecular weight is 1060 g/mol. The third-order valence-corrected chi connectivity index (χ3v) is 17.4. The zero-order valence-corrected chi connectivity index (χ0v) is 45.5. The first-order valence-electron chi connectivity index (χ1n) is 25.1. The highest BCUT2D eigenvalue weighted by Gasteiger charge is 2.77. The van der Waals surface area contributed by atoms with Crippen molar-refractivity contribution in [3.05, 3.63) is 107 Å². The molecule has 2 aromatic carbocycles. The van der Waals surface area contributed by atoms with E-state index in [0.717, 1.165) is 11.4 Å². The molecule has 17 nitrogen and oxygen atoms in total. The molecule has 19 heteroatoms. The van der Waals surface area contributed by atoms with Gasteiger partial charge in [-0.3, -0.25) is 4.79 Å². The average Bonchev–Trinajstić information content (AvgIpc) is 3.36. The summed E-state index contributed by atoms with van der Waals surface area (Å²) in [6.45, 7) is 14.0. The number of benzene rings is 2. The van der Waals surface area contributed by atoms with E-state index < -0.39 is 113 Å². The third-order valence-electron chi connectivity index (χ3n) is 15.2. The fourth-order valence-corrected chi connectivity index (χ4v) is 13.1. The molecule has 3 aliphatic carbocycles. The highest BCUT2D eigenvalue weighted by Crippen LogP contribution is 2.64. The van der Waals surface area contributed by atoms with E-state index in [2.05, 4.69) is 10.3 Å². The number of hydrogen-bond acceptors (Lipinski definition) is 17. The van der Waals surface area contributed by atoms with Crippen LogP contribution in [0.4, 0.5) is 9.59 Å². The standard InChI is InChI=1S/C55H71N3O14S2/c1-11-12-27-58(28-29-73-74-39-25-19-20-26-56-39)50(63)70-43(41(34-21-15-13-16-22-34)57-49(62)72-51(3,4)5)48(61)69-36-31-55(65)46(71-47(60)35-23-17-14-18-24-35)44-53(8,37(66-9)30-38-54(44,64)32-68-38)45(59)42(67-10)40(33(36)2)52(55,6)7/h13-26,36-38,41-44,46,64-65H,11-12,27-32H2,1-10H3,(H,57,62)/t36-,37-,38+,41-,42+,43+,44-,46-,53+,54-,55+/m0/s1. The van der Waals surface area contributed by atoms with Crippen molar-refractivity contribution in [3.63, 3.8) is 0 Å². The maximum absolute atomic E-state index is 15.7. The van der Waals surface area contributed by atoms with Crippen LogP contribution in [0.25, 0.3) is 0 Å². The Hall–Kier alpha value is -5.02. The van der Waals surface area contributed by atoms with E-state index in [4.69, 9.17) is 33.2 Å². The minimum atomic E-state index is -2.26. The first kappa shape index (κ1) is 56.7. The Kier molecular flexibility index (Phi) is 17.7. The number of Topliss-reactive ketones (excluding diaryl/α,β-unsaturated/α-hetero) is 1. The molecule has 1 aromatic heterocycles. The number of nitrogens with zero attached hydrogens (tertiary/aromatic N) is 2. The number of fused-ring (bicyclic) bond motifs is 5. The van der Waals surface area contributed by atoms with Crippen LogP contribution in [0.15, 0.2) is 101 Å². The van der Waals surface area contributed by atoms with Gasteiger partial charge in [0.1, 0.15) is 46.2 Å². The van der Waals surface area contributed by atoms with Crippen LogP contribution in [0, 0.1) is 16.7 Å². The van der Waals surface area contributed by atoms with Gasteiger partial charge in [0.15, 0.2) is 5.78 Å². The Morgan fingerprint density at radius 1 is 0.932 bits per heavy atom.